The van der Waals surface area contributed by atoms with E-state index in [1.807, 2.05) is 6.07 Å². The molecule has 0 saturated heterocycles. The third-order valence-corrected chi connectivity index (χ3v) is 6.09. The van der Waals surface area contributed by atoms with Gasteiger partial charge >= 0.3 is 0 Å². The minimum absolute atomic E-state index is 0.00846. The van der Waals surface area contributed by atoms with Crippen LogP contribution in [-0.2, 0) is 10.0 Å². The fraction of sp³-hybridized carbons (Fsp3) is 0.263. The number of amides is 1. The van der Waals surface area contributed by atoms with E-state index in [0.29, 0.717) is 18.7 Å². The molecule has 0 aliphatic rings. The maximum absolute atomic E-state index is 13.0. The maximum Gasteiger partial charge on any atom is 0.252 e. The highest BCUT2D eigenvalue weighted by Gasteiger charge is 2.23. The number of carbonyl (C=O) groups excluding carboxylic acids is 1. The van der Waals surface area contributed by atoms with E-state index in [0.717, 1.165) is 0 Å². The van der Waals surface area contributed by atoms with Crippen molar-refractivity contribution in [1.29, 1.82) is 5.26 Å². The van der Waals surface area contributed by atoms with Gasteiger partial charge in [-0.2, -0.15) is 9.57 Å². The molecule has 0 saturated carbocycles. The molecule has 1 amide bonds. The van der Waals surface area contributed by atoms with Gasteiger partial charge in [-0.05, 0) is 35.9 Å². The summed E-state index contributed by atoms with van der Waals surface area (Å²) in [5, 5.41) is 11.8. The second-order valence-electron chi connectivity index (χ2n) is 5.70. The van der Waals surface area contributed by atoms with Crippen molar-refractivity contribution in [3.05, 3.63) is 65.5 Å². The van der Waals surface area contributed by atoms with Gasteiger partial charge in [-0.3, -0.25) is 4.79 Å². The molecule has 6 nitrogen and oxygen atoms in total. The quantitative estimate of drug-likeness (QED) is 0.788. The number of carbonyl (C=O) groups is 1. The van der Waals surface area contributed by atoms with Crippen LogP contribution in [0.15, 0.2) is 53.4 Å². The summed E-state index contributed by atoms with van der Waals surface area (Å²) in [6, 6.07) is 11.8. The minimum Gasteiger partial charge on any atom is -0.333 e. The first-order chi connectivity index (χ1) is 12.8. The van der Waals surface area contributed by atoms with Gasteiger partial charge in [0, 0.05) is 18.7 Å². The monoisotopic (exact) mass is 389 g/mol. The van der Waals surface area contributed by atoms with Crippen molar-refractivity contribution in [3.63, 3.8) is 0 Å². The molecule has 142 valence electrons. The Balaban J connectivity index is 2.27. The summed E-state index contributed by atoms with van der Waals surface area (Å²) < 4.78 is 39.5. The van der Waals surface area contributed by atoms with Crippen molar-refractivity contribution >= 4 is 15.9 Å². The Morgan fingerprint density at radius 1 is 1.19 bits per heavy atom. The number of nitrogens with one attached hydrogen (secondary N) is 1. The second-order valence-corrected chi connectivity index (χ2v) is 7.64. The number of hydrogen-bond acceptors (Lipinski definition) is 4. The third kappa shape index (κ3) is 4.70. The largest absolute Gasteiger partial charge is 0.333 e. The molecule has 8 heteroatoms. The van der Waals surface area contributed by atoms with Crippen molar-refractivity contribution in [2.75, 3.05) is 13.1 Å². The normalized spacial score (nSPS) is 12.4. The van der Waals surface area contributed by atoms with Crippen molar-refractivity contribution in [2.45, 2.75) is 24.8 Å². The fourth-order valence-corrected chi connectivity index (χ4v) is 4.07. The highest BCUT2D eigenvalue weighted by Crippen LogP contribution is 2.18. The molecular formula is C19H20FN3O3S. The molecule has 27 heavy (non-hydrogen) atoms. The van der Waals surface area contributed by atoms with Crippen LogP contribution >= 0.6 is 0 Å². The number of nitriles is 1. The summed E-state index contributed by atoms with van der Waals surface area (Å²) in [4.78, 5) is 12.5. The second kappa shape index (κ2) is 8.75. The highest BCUT2D eigenvalue weighted by molar-refractivity contribution is 7.89. The first-order valence-electron chi connectivity index (χ1n) is 8.39. The summed E-state index contributed by atoms with van der Waals surface area (Å²) >= 11 is 0. The first-order valence-corrected chi connectivity index (χ1v) is 9.83. The summed E-state index contributed by atoms with van der Waals surface area (Å²) in [5.41, 5.74) is 0.546. The predicted octanol–water partition coefficient (Wildman–Crippen LogP) is 2.85. The van der Waals surface area contributed by atoms with E-state index in [1.165, 1.54) is 52.8 Å². The number of nitrogens with zero attached hydrogens (tertiary/aromatic N) is 2. The maximum atomic E-state index is 13.0. The number of hydrogen-bond donors (Lipinski definition) is 1. The lowest BCUT2D eigenvalue weighted by atomic mass is 10.1. The average molecular weight is 389 g/mol. The topological polar surface area (TPSA) is 90.3 Å². The molecular weight excluding hydrogens is 369 g/mol. The van der Waals surface area contributed by atoms with Crippen molar-refractivity contribution in [2.24, 2.45) is 0 Å². The lowest BCUT2D eigenvalue weighted by Gasteiger charge is -2.19. The molecule has 0 spiro atoms. The van der Waals surface area contributed by atoms with Crippen LogP contribution < -0.4 is 5.32 Å². The van der Waals surface area contributed by atoms with Crippen LogP contribution in [0.4, 0.5) is 4.39 Å². The van der Waals surface area contributed by atoms with Crippen LogP contribution in [-0.4, -0.2) is 31.7 Å². The van der Waals surface area contributed by atoms with E-state index in [-0.39, 0.29) is 10.5 Å². The Bertz CT molecular complexity index is 949. The Morgan fingerprint density at radius 2 is 1.81 bits per heavy atom. The number of halogens is 1. The van der Waals surface area contributed by atoms with Crippen LogP contribution in [0.5, 0.6) is 0 Å². The van der Waals surface area contributed by atoms with Gasteiger partial charge in [-0.15, -0.1) is 0 Å². The van der Waals surface area contributed by atoms with Gasteiger partial charge < -0.3 is 5.32 Å². The molecule has 2 aromatic rings. The van der Waals surface area contributed by atoms with Gasteiger partial charge in [0.05, 0.1) is 11.0 Å². The summed E-state index contributed by atoms with van der Waals surface area (Å²) in [6.45, 7) is 4.10. The van der Waals surface area contributed by atoms with Crippen LogP contribution in [0, 0.1) is 17.1 Å². The molecule has 0 aromatic heterocycles. The molecule has 0 aliphatic heterocycles. The van der Waals surface area contributed by atoms with Crippen molar-refractivity contribution in [1.82, 2.24) is 9.62 Å². The van der Waals surface area contributed by atoms with Gasteiger partial charge in [-0.1, -0.05) is 32.0 Å². The zero-order valence-corrected chi connectivity index (χ0v) is 15.8. The van der Waals surface area contributed by atoms with E-state index >= 15 is 0 Å². The molecule has 2 aromatic carbocycles. The van der Waals surface area contributed by atoms with Gasteiger partial charge in [0.1, 0.15) is 11.9 Å². The summed E-state index contributed by atoms with van der Waals surface area (Å²) in [7, 11) is -3.70. The Hall–Kier alpha value is -2.76. The van der Waals surface area contributed by atoms with Crippen LogP contribution in [0.2, 0.25) is 0 Å². The molecule has 0 aliphatic carbocycles. The molecule has 0 heterocycles. The molecule has 1 N–H and O–H groups in total. The van der Waals surface area contributed by atoms with Gasteiger partial charge in [0.15, 0.2) is 0 Å². The zero-order chi connectivity index (χ0) is 20.0. The van der Waals surface area contributed by atoms with E-state index < -0.39 is 27.8 Å². The molecule has 0 fully saturated rings. The molecule has 0 radical (unpaired) electrons. The Labute approximate surface area is 158 Å². The van der Waals surface area contributed by atoms with Crippen LogP contribution in [0.3, 0.4) is 0 Å². The molecule has 0 unspecified atom stereocenters. The van der Waals surface area contributed by atoms with Gasteiger partial charge in [-0.25, -0.2) is 12.8 Å². The molecule has 1 atom stereocenters. The minimum atomic E-state index is -3.70. The van der Waals surface area contributed by atoms with Crippen LogP contribution in [0.25, 0.3) is 0 Å². The smallest absolute Gasteiger partial charge is 0.252 e. The lowest BCUT2D eigenvalue weighted by molar-refractivity contribution is 0.0945. The Morgan fingerprint density at radius 3 is 2.37 bits per heavy atom. The summed E-state index contributed by atoms with van der Waals surface area (Å²) in [6.07, 6.45) is 0. The first kappa shape index (κ1) is 20.6. The number of sulfonamides is 1. The molecule has 2 rings (SSSR count). The number of benzene rings is 2. The van der Waals surface area contributed by atoms with E-state index in [1.54, 1.807) is 13.8 Å². The van der Waals surface area contributed by atoms with Crippen molar-refractivity contribution in [3.8, 4) is 6.07 Å². The SMILES string of the molecule is CCN(CC)S(=O)(=O)c1cccc(C(=O)N[C@@H](C#N)c2ccc(F)cc2)c1. The van der Waals surface area contributed by atoms with E-state index in [9.17, 15) is 22.9 Å². The van der Waals surface area contributed by atoms with E-state index in [4.69, 9.17) is 0 Å². The lowest BCUT2D eigenvalue weighted by Crippen LogP contribution is -2.31. The zero-order valence-electron chi connectivity index (χ0n) is 15.0. The van der Waals surface area contributed by atoms with E-state index in [2.05, 4.69) is 5.32 Å². The summed E-state index contributed by atoms with van der Waals surface area (Å²) in [5.74, 6) is -1.04. The van der Waals surface area contributed by atoms with Gasteiger partial charge in [0.25, 0.3) is 5.91 Å². The number of rotatable bonds is 7. The van der Waals surface area contributed by atoms with Gasteiger partial charge in [0.2, 0.25) is 10.0 Å². The van der Waals surface area contributed by atoms with Crippen LogP contribution in [0.1, 0.15) is 35.8 Å². The fourth-order valence-electron chi connectivity index (χ4n) is 2.57. The third-order valence-electron chi connectivity index (χ3n) is 4.05. The highest BCUT2D eigenvalue weighted by atomic mass is 32.2. The average Bonchev–Trinajstić information content (AvgIpc) is 2.67. The molecule has 0 bridgehead atoms. The predicted molar refractivity (Wildman–Crippen MR) is 98.8 cm³/mol. The van der Waals surface area contributed by atoms with Crippen molar-refractivity contribution < 1.29 is 17.6 Å². The standard InChI is InChI=1S/C19H20FN3O3S/c1-3-23(4-2)27(25,26)17-7-5-6-15(12-17)19(24)22-18(13-21)14-8-10-16(20)11-9-14/h5-12,18H,3-4H2,1-2H3,(H,22,24)/t18-/m0/s1. The Kier molecular flexibility index (Phi) is 6.66.